The van der Waals surface area contributed by atoms with Crippen molar-refractivity contribution in [1.29, 1.82) is 0 Å². The first-order valence-electron chi connectivity index (χ1n) is 7.09. The van der Waals surface area contributed by atoms with Gasteiger partial charge in [-0.3, -0.25) is 0 Å². The van der Waals surface area contributed by atoms with Gasteiger partial charge in [-0.25, -0.2) is 0 Å². The van der Waals surface area contributed by atoms with Gasteiger partial charge in [0.05, 0.1) is 7.11 Å². The van der Waals surface area contributed by atoms with Crippen LogP contribution in [0.3, 0.4) is 0 Å². The molecule has 1 aromatic rings. The molecule has 0 spiro atoms. The maximum atomic E-state index is 5.44. The lowest BCUT2D eigenvalue weighted by molar-refractivity contribution is 0.385. The third-order valence-corrected chi connectivity index (χ3v) is 3.42. The third-order valence-electron chi connectivity index (χ3n) is 3.42. The fourth-order valence-corrected chi connectivity index (χ4v) is 2.37. The van der Waals surface area contributed by atoms with Crippen molar-refractivity contribution in [3.05, 3.63) is 29.8 Å². The van der Waals surface area contributed by atoms with E-state index in [0.717, 1.165) is 24.6 Å². The first kappa shape index (κ1) is 15.0. The van der Waals surface area contributed by atoms with Crippen molar-refractivity contribution in [2.45, 2.75) is 46.1 Å². The second-order valence-electron chi connectivity index (χ2n) is 5.00. The molecule has 0 radical (unpaired) electrons. The average Bonchev–Trinajstić information content (AvgIpc) is 2.40. The number of methoxy groups -OCH3 is 1. The van der Waals surface area contributed by atoms with E-state index in [0.29, 0.717) is 6.04 Å². The summed E-state index contributed by atoms with van der Waals surface area (Å²) in [6.45, 7) is 7.85. The summed E-state index contributed by atoms with van der Waals surface area (Å²) in [5.41, 5.74) is 1.27. The molecule has 2 nitrogen and oxygen atoms in total. The lowest BCUT2D eigenvalue weighted by Crippen LogP contribution is -2.26. The summed E-state index contributed by atoms with van der Waals surface area (Å²) in [6.07, 6.45) is 3.63. The van der Waals surface area contributed by atoms with Crippen molar-refractivity contribution < 1.29 is 4.74 Å². The second-order valence-corrected chi connectivity index (χ2v) is 5.00. The monoisotopic (exact) mass is 249 g/mol. The Bertz CT molecular complexity index is 338. The minimum atomic E-state index is 0.389. The number of hydrogen-bond acceptors (Lipinski definition) is 2. The van der Waals surface area contributed by atoms with Gasteiger partial charge in [0, 0.05) is 11.6 Å². The summed E-state index contributed by atoms with van der Waals surface area (Å²) in [7, 11) is 1.74. The highest BCUT2D eigenvalue weighted by Crippen LogP contribution is 2.26. The van der Waals surface area contributed by atoms with E-state index in [2.05, 4.69) is 38.2 Å². The van der Waals surface area contributed by atoms with E-state index in [1.807, 2.05) is 12.1 Å². The Labute approximate surface area is 112 Å². The van der Waals surface area contributed by atoms with Gasteiger partial charge in [0.25, 0.3) is 0 Å². The Balaban J connectivity index is 2.65. The van der Waals surface area contributed by atoms with Gasteiger partial charge >= 0.3 is 0 Å². The van der Waals surface area contributed by atoms with E-state index in [-0.39, 0.29) is 0 Å². The Kier molecular flexibility index (Phi) is 6.81. The summed E-state index contributed by atoms with van der Waals surface area (Å²) in [6, 6.07) is 8.69. The van der Waals surface area contributed by atoms with Crippen LogP contribution in [0.1, 0.15) is 51.6 Å². The van der Waals surface area contributed by atoms with Crippen LogP contribution in [0.15, 0.2) is 24.3 Å². The summed E-state index contributed by atoms with van der Waals surface area (Å²) >= 11 is 0. The van der Waals surface area contributed by atoms with Gasteiger partial charge in [-0.15, -0.1) is 0 Å². The Morgan fingerprint density at radius 3 is 2.56 bits per heavy atom. The van der Waals surface area contributed by atoms with Gasteiger partial charge in [-0.1, -0.05) is 45.4 Å². The molecule has 0 fully saturated rings. The quantitative estimate of drug-likeness (QED) is 0.746. The Morgan fingerprint density at radius 2 is 1.94 bits per heavy atom. The number of rotatable bonds is 8. The van der Waals surface area contributed by atoms with Crippen molar-refractivity contribution in [3.8, 4) is 5.75 Å². The van der Waals surface area contributed by atoms with E-state index < -0.39 is 0 Å². The number of nitrogens with one attached hydrogen (secondary N) is 1. The molecule has 0 bridgehead atoms. The Morgan fingerprint density at radius 1 is 1.22 bits per heavy atom. The van der Waals surface area contributed by atoms with Gasteiger partial charge in [0.1, 0.15) is 5.75 Å². The van der Waals surface area contributed by atoms with Gasteiger partial charge in [-0.2, -0.15) is 0 Å². The molecular formula is C16H27NO. The van der Waals surface area contributed by atoms with Crippen LogP contribution >= 0.6 is 0 Å². The van der Waals surface area contributed by atoms with Gasteiger partial charge in [0.15, 0.2) is 0 Å². The SMILES string of the molecule is CCCC(C)CNC(CC)c1ccccc1OC. The number of hydrogen-bond donors (Lipinski definition) is 1. The van der Waals surface area contributed by atoms with Gasteiger partial charge in [0.2, 0.25) is 0 Å². The molecule has 0 aliphatic carbocycles. The highest BCUT2D eigenvalue weighted by Gasteiger charge is 2.14. The van der Waals surface area contributed by atoms with Crippen molar-refractivity contribution >= 4 is 0 Å². The van der Waals surface area contributed by atoms with Gasteiger partial charge < -0.3 is 10.1 Å². The van der Waals surface area contributed by atoms with Crippen LogP contribution < -0.4 is 10.1 Å². The lowest BCUT2D eigenvalue weighted by atomic mass is 10.0. The summed E-state index contributed by atoms with van der Waals surface area (Å²) in [5, 5.41) is 3.66. The van der Waals surface area contributed by atoms with Crippen LogP contribution in [0.2, 0.25) is 0 Å². The topological polar surface area (TPSA) is 21.3 Å². The molecule has 2 heteroatoms. The van der Waals surface area contributed by atoms with Crippen LogP contribution in [0.25, 0.3) is 0 Å². The minimum absolute atomic E-state index is 0.389. The summed E-state index contributed by atoms with van der Waals surface area (Å²) in [5.74, 6) is 1.72. The summed E-state index contributed by atoms with van der Waals surface area (Å²) < 4.78 is 5.44. The molecule has 0 heterocycles. The zero-order valence-corrected chi connectivity index (χ0v) is 12.2. The van der Waals surface area contributed by atoms with Crippen molar-refractivity contribution in [2.75, 3.05) is 13.7 Å². The standard InChI is InChI=1S/C16H27NO/c1-5-9-13(3)12-17-15(6-2)14-10-7-8-11-16(14)18-4/h7-8,10-11,13,15,17H,5-6,9,12H2,1-4H3. The maximum absolute atomic E-state index is 5.44. The Hall–Kier alpha value is -1.02. The lowest BCUT2D eigenvalue weighted by Gasteiger charge is -2.22. The molecule has 0 aromatic heterocycles. The minimum Gasteiger partial charge on any atom is -0.496 e. The highest BCUT2D eigenvalue weighted by atomic mass is 16.5. The predicted molar refractivity (Wildman–Crippen MR) is 78.1 cm³/mol. The predicted octanol–water partition coefficient (Wildman–Crippen LogP) is 4.17. The number of para-hydroxylation sites is 1. The number of benzene rings is 1. The second kappa shape index (κ2) is 8.15. The van der Waals surface area contributed by atoms with E-state index in [4.69, 9.17) is 4.74 Å². The highest BCUT2D eigenvalue weighted by molar-refractivity contribution is 5.35. The molecule has 2 atom stereocenters. The van der Waals surface area contributed by atoms with Crippen LogP contribution in [0.5, 0.6) is 5.75 Å². The van der Waals surface area contributed by atoms with E-state index in [1.54, 1.807) is 7.11 Å². The first-order chi connectivity index (χ1) is 8.72. The molecule has 2 unspecified atom stereocenters. The van der Waals surface area contributed by atoms with Crippen molar-refractivity contribution in [2.24, 2.45) is 5.92 Å². The van der Waals surface area contributed by atoms with Crippen LogP contribution in [0.4, 0.5) is 0 Å². The molecule has 0 aliphatic rings. The largest absolute Gasteiger partial charge is 0.496 e. The molecule has 0 amide bonds. The molecule has 0 aliphatic heterocycles. The van der Waals surface area contributed by atoms with Gasteiger partial charge in [-0.05, 0) is 31.4 Å². The van der Waals surface area contributed by atoms with Crippen molar-refractivity contribution in [3.63, 3.8) is 0 Å². The third kappa shape index (κ3) is 4.34. The fraction of sp³-hybridized carbons (Fsp3) is 0.625. The smallest absolute Gasteiger partial charge is 0.123 e. The molecule has 1 aromatic carbocycles. The maximum Gasteiger partial charge on any atom is 0.123 e. The fourth-order valence-electron chi connectivity index (χ4n) is 2.37. The molecule has 0 saturated carbocycles. The molecule has 0 saturated heterocycles. The molecule has 18 heavy (non-hydrogen) atoms. The van der Waals surface area contributed by atoms with Crippen LogP contribution in [-0.2, 0) is 0 Å². The zero-order chi connectivity index (χ0) is 13.4. The van der Waals surface area contributed by atoms with Crippen LogP contribution in [-0.4, -0.2) is 13.7 Å². The molecular weight excluding hydrogens is 222 g/mol. The number of ether oxygens (including phenoxy) is 1. The van der Waals surface area contributed by atoms with E-state index in [1.165, 1.54) is 18.4 Å². The van der Waals surface area contributed by atoms with Crippen molar-refractivity contribution in [1.82, 2.24) is 5.32 Å². The zero-order valence-electron chi connectivity index (χ0n) is 12.2. The normalized spacial score (nSPS) is 14.2. The summed E-state index contributed by atoms with van der Waals surface area (Å²) in [4.78, 5) is 0. The first-order valence-corrected chi connectivity index (χ1v) is 7.09. The molecule has 1 N–H and O–H groups in total. The van der Waals surface area contributed by atoms with E-state index in [9.17, 15) is 0 Å². The molecule has 102 valence electrons. The average molecular weight is 249 g/mol. The molecule has 1 rings (SSSR count). The van der Waals surface area contributed by atoms with Crippen LogP contribution in [0, 0.1) is 5.92 Å². The van der Waals surface area contributed by atoms with E-state index >= 15 is 0 Å².